The number of fused-ring (bicyclic) bond motifs is 2. The van der Waals surface area contributed by atoms with E-state index >= 15 is 0 Å². The lowest BCUT2D eigenvalue weighted by molar-refractivity contribution is -0.158. The SMILES string of the molecule is CCCCCCN1CC2(C1)CN(C(=O)c1ccccc1)CC1COCCN12. The van der Waals surface area contributed by atoms with E-state index in [0.717, 1.165) is 51.5 Å². The number of ether oxygens (including phenoxy) is 1. The van der Waals surface area contributed by atoms with Crippen LogP contribution in [-0.2, 0) is 4.74 Å². The summed E-state index contributed by atoms with van der Waals surface area (Å²) in [7, 11) is 0. The molecule has 27 heavy (non-hydrogen) atoms. The van der Waals surface area contributed by atoms with Gasteiger partial charge in [-0.25, -0.2) is 0 Å². The lowest BCUT2D eigenvalue weighted by Crippen LogP contribution is -2.80. The molecule has 4 rings (SSSR count). The van der Waals surface area contributed by atoms with Gasteiger partial charge in [-0.3, -0.25) is 14.6 Å². The van der Waals surface area contributed by atoms with Crippen molar-refractivity contribution >= 4 is 5.91 Å². The van der Waals surface area contributed by atoms with Crippen LogP contribution in [0.25, 0.3) is 0 Å². The molecule has 3 aliphatic heterocycles. The van der Waals surface area contributed by atoms with Gasteiger partial charge in [-0.15, -0.1) is 0 Å². The first-order valence-electron chi connectivity index (χ1n) is 10.6. The molecule has 0 aromatic heterocycles. The van der Waals surface area contributed by atoms with Crippen LogP contribution in [0.15, 0.2) is 30.3 Å². The van der Waals surface area contributed by atoms with Gasteiger partial charge in [0.05, 0.1) is 24.8 Å². The minimum absolute atomic E-state index is 0.127. The van der Waals surface area contributed by atoms with E-state index in [1.54, 1.807) is 0 Å². The molecule has 1 amide bonds. The Hall–Kier alpha value is -1.43. The molecule has 5 heteroatoms. The Bertz CT molecular complexity index is 630. The van der Waals surface area contributed by atoms with Crippen LogP contribution in [-0.4, -0.2) is 84.7 Å². The van der Waals surface area contributed by atoms with Crippen LogP contribution in [0.1, 0.15) is 43.0 Å². The van der Waals surface area contributed by atoms with Crippen molar-refractivity contribution in [2.75, 3.05) is 52.5 Å². The number of rotatable bonds is 6. The Morgan fingerprint density at radius 1 is 1.15 bits per heavy atom. The van der Waals surface area contributed by atoms with Gasteiger partial charge in [0, 0.05) is 38.3 Å². The second-order valence-electron chi connectivity index (χ2n) is 8.47. The molecule has 1 unspecified atom stereocenters. The Balaban J connectivity index is 1.43. The first-order chi connectivity index (χ1) is 13.2. The average molecular weight is 372 g/mol. The molecule has 0 aliphatic carbocycles. The topological polar surface area (TPSA) is 36.0 Å². The van der Waals surface area contributed by atoms with Crippen LogP contribution in [0, 0.1) is 0 Å². The van der Waals surface area contributed by atoms with Crippen molar-refractivity contribution < 1.29 is 9.53 Å². The van der Waals surface area contributed by atoms with E-state index in [1.807, 2.05) is 30.3 Å². The standard InChI is InChI=1S/C22H33N3O2/c1-2-3-4-8-11-23-16-22(17-23)18-24(14-20-15-27-13-12-25(20)22)21(26)19-9-6-5-7-10-19/h5-7,9-10,20H,2-4,8,11-18H2,1H3. The van der Waals surface area contributed by atoms with Gasteiger partial charge in [-0.1, -0.05) is 44.4 Å². The molecule has 1 aromatic rings. The van der Waals surface area contributed by atoms with Gasteiger partial charge in [0.1, 0.15) is 0 Å². The number of carbonyl (C=O) groups excluding carboxylic acids is 1. The summed E-state index contributed by atoms with van der Waals surface area (Å²) in [6.45, 7) is 9.85. The summed E-state index contributed by atoms with van der Waals surface area (Å²) < 4.78 is 5.76. The van der Waals surface area contributed by atoms with Crippen molar-refractivity contribution in [3.63, 3.8) is 0 Å². The number of likely N-dealkylation sites (tertiary alicyclic amines) is 1. The van der Waals surface area contributed by atoms with E-state index in [1.165, 1.54) is 32.2 Å². The van der Waals surface area contributed by atoms with Gasteiger partial charge < -0.3 is 9.64 Å². The molecule has 3 aliphatic rings. The number of carbonyl (C=O) groups is 1. The Morgan fingerprint density at radius 3 is 2.74 bits per heavy atom. The van der Waals surface area contributed by atoms with E-state index in [0.29, 0.717) is 6.04 Å². The van der Waals surface area contributed by atoms with Crippen molar-refractivity contribution in [1.82, 2.24) is 14.7 Å². The zero-order valence-corrected chi connectivity index (χ0v) is 16.6. The first kappa shape index (κ1) is 18.9. The maximum atomic E-state index is 13.1. The third kappa shape index (κ3) is 3.91. The van der Waals surface area contributed by atoms with Gasteiger partial charge in [0.25, 0.3) is 5.91 Å². The predicted molar refractivity (Wildman–Crippen MR) is 107 cm³/mol. The molecule has 0 saturated carbocycles. The third-order valence-corrected chi connectivity index (χ3v) is 6.42. The summed E-state index contributed by atoms with van der Waals surface area (Å²) in [6.07, 6.45) is 5.25. The maximum Gasteiger partial charge on any atom is 0.253 e. The van der Waals surface area contributed by atoms with Crippen molar-refractivity contribution in [2.24, 2.45) is 0 Å². The lowest BCUT2D eigenvalue weighted by Gasteiger charge is -2.63. The van der Waals surface area contributed by atoms with Crippen molar-refractivity contribution in [3.8, 4) is 0 Å². The molecule has 1 atom stereocenters. The quantitative estimate of drug-likeness (QED) is 0.720. The summed E-state index contributed by atoms with van der Waals surface area (Å²) in [5, 5.41) is 0. The van der Waals surface area contributed by atoms with Gasteiger partial charge in [-0.2, -0.15) is 0 Å². The van der Waals surface area contributed by atoms with E-state index < -0.39 is 0 Å². The minimum Gasteiger partial charge on any atom is -0.378 e. The smallest absolute Gasteiger partial charge is 0.253 e. The van der Waals surface area contributed by atoms with Crippen LogP contribution >= 0.6 is 0 Å². The van der Waals surface area contributed by atoms with Crippen LogP contribution in [0.5, 0.6) is 0 Å². The van der Waals surface area contributed by atoms with Crippen LogP contribution < -0.4 is 0 Å². The molecule has 3 saturated heterocycles. The van der Waals surface area contributed by atoms with Crippen molar-refractivity contribution in [2.45, 2.75) is 44.2 Å². The van der Waals surface area contributed by atoms with E-state index in [-0.39, 0.29) is 11.4 Å². The molecule has 0 N–H and O–H groups in total. The highest BCUT2D eigenvalue weighted by molar-refractivity contribution is 5.94. The zero-order chi connectivity index (χ0) is 18.7. The van der Waals surface area contributed by atoms with E-state index in [9.17, 15) is 4.79 Å². The number of unbranched alkanes of at least 4 members (excludes halogenated alkanes) is 3. The number of morpholine rings is 1. The first-order valence-corrected chi connectivity index (χ1v) is 10.6. The number of nitrogens with zero attached hydrogens (tertiary/aromatic N) is 3. The largest absolute Gasteiger partial charge is 0.378 e. The summed E-state index contributed by atoms with van der Waals surface area (Å²) in [5.74, 6) is 0.168. The van der Waals surface area contributed by atoms with Gasteiger partial charge >= 0.3 is 0 Å². The molecule has 1 spiro atoms. The minimum atomic E-state index is 0.127. The van der Waals surface area contributed by atoms with Crippen LogP contribution in [0.3, 0.4) is 0 Å². The Labute approximate surface area is 163 Å². The van der Waals surface area contributed by atoms with Crippen molar-refractivity contribution in [3.05, 3.63) is 35.9 Å². The highest BCUT2D eigenvalue weighted by Crippen LogP contribution is 2.36. The zero-order valence-electron chi connectivity index (χ0n) is 16.6. The molecule has 0 radical (unpaired) electrons. The average Bonchev–Trinajstić information content (AvgIpc) is 2.69. The fraction of sp³-hybridized carbons (Fsp3) is 0.682. The molecular weight excluding hydrogens is 338 g/mol. The number of piperazine rings is 1. The molecule has 5 nitrogen and oxygen atoms in total. The van der Waals surface area contributed by atoms with Gasteiger partial charge in [0.15, 0.2) is 0 Å². The Kier molecular flexibility index (Phi) is 5.81. The molecular formula is C22H33N3O2. The predicted octanol–water partition coefficient (Wildman–Crippen LogP) is 2.48. The molecule has 3 fully saturated rings. The van der Waals surface area contributed by atoms with Crippen LogP contribution in [0.4, 0.5) is 0 Å². The maximum absolute atomic E-state index is 13.1. The van der Waals surface area contributed by atoms with E-state index in [2.05, 4.69) is 21.6 Å². The highest BCUT2D eigenvalue weighted by Gasteiger charge is 2.54. The number of hydrogen-bond donors (Lipinski definition) is 0. The normalized spacial score (nSPS) is 25.2. The molecule has 1 aromatic carbocycles. The number of hydrogen-bond acceptors (Lipinski definition) is 4. The summed E-state index contributed by atoms with van der Waals surface area (Å²) in [5.41, 5.74) is 0.926. The molecule has 148 valence electrons. The monoisotopic (exact) mass is 371 g/mol. The molecule has 3 heterocycles. The van der Waals surface area contributed by atoms with Gasteiger partial charge in [0.2, 0.25) is 0 Å². The lowest BCUT2D eigenvalue weighted by atomic mass is 9.82. The second-order valence-corrected chi connectivity index (χ2v) is 8.47. The Morgan fingerprint density at radius 2 is 1.96 bits per heavy atom. The number of benzene rings is 1. The van der Waals surface area contributed by atoms with E-state index in [4.69, 9.17) is 4.74 Å². The summed E-state index contributed by atoms with van der Waals surface area (Å²) >= 11 is 0. The second kappa shape index (κ2) is 8.29. The number of amides is 1. The fourth-order valence-corrected chi connectivity index (χ4v) is 5.10. The fourth-order valence-electron chi connectivity index (χ4n) is 5.10. The third-order valence-electron chi connectivity index (χ3n) is 6.42. The van der Waals surface area contributed by atoms with Crippen LogP contribution in [0.2, 0.25) is 0 Å². The summed E-state index contributed by atoms with van der Waals surface area (Å²) in [6, 6.07) is 10.1. The van der Waals surface area contributed by atoms with Crippen molar-refractivity contribution in [1.29, 1.82) is 0 Å². The van der Waals surface area contributed by atoms with Gasteiger partial charge in [-0.05, 0) is 25.1 Å². The highest BCUT2D eigenvalue weighted by atomic mass is 16.5. The molecule has 0 bridgehead atoms. The summed E-state index contributed by atoms with van der Waals surface area (Å²) in [4.78, 5) is 20.4.